The van der Waals surface area contributed by atoms with Crippen molar-refractivity contribution in [2.75, 3.05) is 18.0 Å². The molecule has 0 atom stereocenters. The number of fused-ring (bicyclic) bond motifs is 4. The van der Waals surface area contributed by atoms with Crippen molar-refractivity contribution in [3.8, 4) is 0 Å². The third-order valence-corrected chi connectivity index (χ3v) is 8.47. The maximum absolute atomic E-state index is 2.54. The normalized spacial score (nSPS) is 18.9. The minimum Gasteiger partial charge on any atom is -0.344 e. The first-order valence-corrected chi connectivity index (χ1v) is 14.4. The molecule has 0 saturated heterocycles. The summed E-state index contributed by atoms with van der Waals surface area (Å²) in [4.78, 5) is 2.53. The summed E-state index contributed by atoms with van der Waals surface area (Å²) in [6.07, 6.45) is 14.8. The predicted molar refractivity (Wildman–Crippen MR) is 165 cm³/mol. The van der Waals surface area contributed by atoms with Crippen LogP contribution in [0.3, 0.4) is 0 Å². The average Bonchev–Trinajstić information content (AvgIpc) is 3.26. The third-order valence-electron chi connectivity index (χ3n) is 8.47. The molecular formula is C36H43N2+. The van der Waals surface area contributed by atoms with Crippen LogP contribution in [0.15, 0.2) is 96.7 Å². The van der Waals surface area contributed by atoms with Crippen LogP contribution in [0.25, 0.3) is 10.8 Å². The molecule has 38 heavy (non-hydrogen) atoms. The monoisotopic (exact) mass is 503 g/mol. The number of allylic oxidation sites excluding steroid dienone is 6. The van der Waals surface area contributed by atoms with Crippen molar-refractivity contribution in [3.05, 3.63) is 108 Å². The molecule has 0 unspecified atom stereocenters. The summed E-state index contributed by atoms with van der Waals surface area (Å²) in [5, 5.41) is 2.69. The molecular weight excluding hydrogens is 460 g/mol. The zero-order valence-corrected chi connectivity index (χ0v) is 24.1. The van der Waals surface area contributed by atoms with Gasteiger partial charge in [-0.25, -0.2) is 0 Å². The highest BCUT2D eigenvalue weighted by Gasteiger charge is 2.45. The van der Waals surface area contributed by atoms with E-state index >= 15 is 0 Å². The third kappa shape index (κ3) is 4.34. The molecule has 3 aromatic rings. The van der Waals surface area contributed by atoms with E-state index in [0.717, 1.165) is 19.5 Å². The second-order valence-electron chi connectivity index (χ2n) is 11.8. The number of hydrogen-bond acceptors (Lipinski definition) is 1. The van der Waals surface area contributed by atoms with E-state index in [1.165, 1.54) is 57.5 Å². The number of hydrogen-bond donors (Lipinski definition) is 0. The summed E-state index contributed by atoms with van der Waals surface area (Å²) < 4.78 is 2.54. The van der Waals surface area contributed by atoms with Gasteiger partial charge in [0.05, 0.1) is 5.41 Å². The maximum Gasteiger partial charge on any atom is 0.210 e. The lowest BCUT2D eigenvalue weighted by atomic mass is 9.79. The molecule has 0 aromatic heterocycles. The molecule has 0 fully saturated rings. The Labute approximate surface area is 229 Å². The van der Waals surface area contributed by atoms with Crippen molar-refractivity contribution in [3.63, 3.8) is 0 Å². The summed E-state index contributed by atoms with van der Waals surface area (Å²) in [6, 6.07) is 22.3. The molecule has 5 rings (SSSR count). The van der Waals surface area contributed by atoms with E-state index in [-0.39, 0.29) is 10.8 Å². The highest BCUT2D eigenvalue weighted by Crippen LogP contribution is 2.48. The molecule has 2 aliphatic rings. The zero-order valence-electron chi connectivity index (χ0n) is 24.1. The van der Waals surface area contributed by atoms with E-state index in [0.29, 0.717) is 0 Å². The molecule has 0 radical (unpaired) electrons. The van der Waals surface area contributed by atoms with E-state index in [2.05, 4.69) is 142 Å². The van der Waals surface area contributed by atoms with Gasteiger partial charge in [0, 0.05) is 47.5 Å². The molecule has 0 saturated carbocycles. The van der Waals surface area contributed by atoms with Crippen molar-refractivity contribution >= 4 is 27.9 Å². The summed E-state index contributed by atoms with van der Waals surface area (Å²) in [6.45, 7) is 16.1. The van der Waals surface area contributed by atoms with Gasteiger partial charge in [-0.05, 0) is 54.8 Å². The molecule has 2 nitrogen and oxygen atoms in total. The Bertz CT molecular complexity index is 1460. The van der Waals surface area contributed by atoms with Gasteiger partial charge in [-0.15, -0.1) is 0 Å². The van der Waals surface area contributed by atoms with E-state index in [1.54, 1.807) is 0 Å². The van der Waals surface area contributed by atoms with Gasteiger partial charge in [0.1, 0.15) is 6.54 Å². The lowest BCUT2D eigenvalue weighted by Crippen LogP contribution is -2.28. The average molecular weight is 504 g/mol. The smallest absolute Gasteiger partial charge is 0.210 e. The second kappa shape index (κ2) is 10.4. The van der Waals surface area contributed by atoms with Crippen LogP contribution >= 0.6 is 0 Å². The Hall–Kier alpha value is -3.39. The summed E-state index contributed by atoms with van der Waals surface area (Å²) in [5.74, 6) is 0. The van der Waals surface area contributed by atoms with Crippen molar-refractivity contribution in [2.45, 2.75) is 71.6 Å². The fraction of sp³-hybridized carbons (Fsp3) is 0.361. The van der Waals surface area contributed by atoms with E-state index in [4.69, 9.17) is 0 Å². The fourth-order valence-electron chi connectivity index (χ4n) is 6.56. The van der Waals surface area contributed by atoms with Crippen molar-refractivity contribution < 1.29 is 4.58 Å². The van der Waals surface area contributed by atoms with E-state index in [9.17, 15) is 0 Å². The Kier molecular flexibility index (Phi) is 7.18. The minimum absolute atomic E-state index is 0.00120. The molecule has 2 heterocycles. The topological polar surface area (TPSA) is 6.25 Å². The van der Waals surface area contributed by atoms with Crippen LogP contribution in [0.1, 0.15) is 71.9 Å². The van der Waals surface area contributed by atoms with Crippen LogP contribution in [-0.2, 0) is 10.8 Å². The first-order valence-electron chi connectivity index (χ1n) is 14.4. The number of benzene rings is 3. The first kappa shape index (κ1) is 26.2. The first-order chi connectivity index (χ1) is 18.3. The van der Waals surface area contributed by atoms with E-state index < -0.39 is 0 Å². The Morgan fingerprint density at radius 3 is 2.34 bits per heavy atom. The van der Waals surface area contributed by atoms with Crippen molar-refractivity contribution in [2.24, 2.45) is 0 Å². The SMILES string of the molecule is CCCCN1/C(=C/C=C/C=C/C2=[N+](CCC)c3ccc4ccccc4c3C2(C)C)C(C)(C)c2ccccc21. The molecule has 0 bridgehead atoms. The molecule has 196 valence electrons. The fourth-order valence-corrected chi connectivity index (χ4v) is 6.56. The number of unbranched alkanes of at least 4 members (excludes halogenated alkanes) is 1. The summed E-state index contributed by atoms with van der Waals surface area (Å²) in [7, 11) is 0. The number of anilines is 1. The quantitative estimate of drug-likeness (QED) is 0.219. The van der Waals surface area contributed by atoms with Crippen LogP contribution in [0.4, 0.5) is 11.4 Å². The molecule has 0 N–H and O–H groups in total. The molecule has 2 aliphatic heterocycles. The van der Waals surface area contributed by atoms with Gasteiger partial charge >= 0.3 is 0 Å². The second-order valence-corrected chi connectivity index (χ2v) is 11.8. The highest BCUT2D eigenvalue weighted by atomic mass is 15.2. The van der Waals surface area contributed by atoms with Crippen molar-refractivity contribution in [1.82, 2.24) is 0 Å². The number of nitrogens with zero attached hydrogens (tertiary/aromatic N) is 2. The van der Waals surface area contributed by atoms with Gasteiger partial charge in [0.2, 0.25) is 5.69 Å². The number of para-hydroxylation sites is 1. The van der Waals surface area contributed by atoms with Gasteiger partial charge in [0.15, 0.2) is 5.71 Å². The van der Waals surface area contributed by atoms with Gasteiger partial charge in [-0.2, -0.15) is 4.58 Å². The van der Waals surface area contributed by atoms with E-state index in [1.807, 2.05) is 0 Å². The van der Waals surface area contributed by atoms with Crippen LogP contribution in [-0.4, -0.2) is 23.4 Å². The predicted octanol–water partition coefficient (Wildman–Crippen LogP) is 9.22. The molecule has 0 spiro atoms. The summed E-state index contributed by atoms with van der Waals surface area (Å²) in [5.41, 5.74) is 8.31. The van der Waals surface area contributed by atoms with Gasteiger partial charge in [-0.1, -0.05) is 94.8 Å². The molecule has 0 amide bonds. The Balaban J connectivity index is 1.46. The standard InChI is InChI=1S/C36H43N2/c1-7-9-26-38-30-20-16-15-19-29(30)35(3,4)32(38)21-11-10-12-22-33-36(5,6)34-28-18-14-13-17-27(28)23-24-31(34)37(33)25-8-2/h10-24H,7-9,25-26H2,1-6H3/q+1. The minimum atomic E-state index is -0.0553. The van der Waals surface area contributed by atoms with Crippen LogP contribution in [0.5, 0.6) is 0 Å². The Morgan fingerprint density at radius 2 is 1.55 bits per heavy atom. The van der Waals surface area contributed by atoms with Gasteiger partial charge in [0.25, 0.3) is 0 Å². The van der Waals surface area contributed by atoms with Gasteiger partial charge in [-0.3, -0.25) is 0 Å². The maximum atomic E-state index is 2.54. The van der Waals surface area contributed by atoms with Crippen molar-refractivity contribution in [1.29, 1.82) is 0 Å². The van der Waals surface area contributed by atoms with Crippen LogP contribution in [0.2, 0.25) is 0 Å². The van der Waals surface area contributed by atoms with Crippen LogP contribution < -0.4 is 4.90 Å². The summed E-state index contributed by atoms with van der Waals surface area (Å²) >= 11 is 0. The van der Waals surface area contributed by atoms with Gasteiger partial charge < -0.3 is 4.90 Å². The zero-order chi connectivity index (χ0) is 26.9. The molecule has 3 aromatic carbocycles. The molecule has 2 heteroatoms. The molecule has 0 aliphatic carbocycles. The van der Waals surface area contributed by atoms with Crippen LogP contribution in [0, 0.1) is 0 Å². The largest absolute Gasteiger partial charge is 0.344 e. The lowest BCUT2D eigenvalue weighted by Gasteiger charge is -2.27. The Morgan fingerprint density at radius 1 is 0.789 bits per heavy atom. The highest BCUT2D eigenvalue weighted by molar-refractivity contribution is 6.07. The lowest BCUT2D eigenvalue weighted by molar-refractivity contribution is -0.437. The number of rotatable bonds is 8.